The van der Waals surface area contributed by atoms with E-state index in [2.05, 4.69) is 20.9 Å². The van der Waals surface area contributed by atoms with Crippen LogP contribution in [0, 0.1) is 0 Å². The predicted molar refractivity (Wildman–Crippen MR) is 83.0 cm³/mol. The van der Waals surface area contributed by atoms with Crippen molar-refractivity contribution >= 4 is 18.0 Å². The highest BCUT2D eigenvalue weighted by molar-refractivity contribution is 5.80. The number of aliphatic carboxylic acids is 1. The molecule has 0 saturated carbocycles. The molecule has 0 radical (unpaired) electrons. The average Bonchev–Trinajstić information content (AvgIpc) is 2.41. The first-order valence-electron chi connectivity index (χ1n) is 7.52. The summed E-state index contributed by atoms with van der Waals surface area (Å²) in [4.78, 5) is 27.0. The van der Waals surface area contributed by atoms with E-state index >= 15 is 0 Å². The van der Waals surface area contributed by atoms with E-state index < -0.39 is 23.7 Å². The highest BCUT2D eigenvalue weighted by Crippen LogP contribution is 2.07. The van der Waals surface area contributed by atoms with Gasteiger partial charge in [-0.05, 0) is 40.0 Å². The number of amides is 1. The molecular formula is C14H26N4O4. The van der Waals surface area contributed by atoms with E-state index in [4.69, 9.17) is 9.84 Å². The molecule has 0 fully saturated rings. The number of aliphatic imine (C=N–C) groups is 1. The summed E-state index contributed by atoms with van der Waals surface area (Å²) in [6.45, 7) is 7.46. The van der Waals surface area contributed by atoms with Gasteiger partial charge in [-0.25, -0.2) is 9.59 Å². The van der Waals surface area contributed by atoms with E-state index in [0.29, 0.717) is 19.4 Å². The Morgan fingerprint density at radius 1 is 1.45 bits per heavy atom. The molecule has 1 rings (SSSR count). The third-order valence-corrected chi connectivity index (χ3v) is 2.85. The van der Waals surface area contributed by atoms with E-state index in [1.807, 2.05) is 0 Å². The molecule has 0 aromatic carbocycles. The second-order valence-corrected chi connectivity index (χ2v) is 6.12. The summed E-state index contributed by atoms with van der Waals surface area (Å²) in [5.74, 6) is -0.322. The first kappa shape index (κ1) is 18.1. The third kappa shape index (κ3) is 7.70. The third-order valence-electron chi connectivity index (χ3n) is 2.85. The molecule has 22 heavy (non-hydrogen) atoms. The highest BCUT2D eigenvalue weighted by atomic mass is 16.6. The van der Waals surface area contributed by atoms with Crippen LogP contribution in [-0.4, -0.2) is 54.4 Å². The molecule has 1 aliphatic rings. The smallest absolute Gasteiger partial charge is 0.408 e. The van der Waals surface area contributed by atoms with Crippen molar-refractivity contribution in [1.29, 1.82) is 0 Å². The van der Waals surface area contributed by atoms with Crippen molar-refractivity contribution in [2.24, 2.45) is 4.99 Å². The minimum atomic E-state index is -1.07. The Morgan fingerprint density at radius 2 is 2.18 bits per heavy atom. The maximum Gasteiger partial charge on any atom is 0.408 e. The molecule has 0 aliphatic carbocycles. The van der Waals surface area contributed by atoms with Crippen LogP contribution < -0.4 is 16.0 Å². The fourth-order valence-electron chi connectivity index (χ4n) is 1.87. The lowest BCUT2D eigenvalue weighted by Gasteiger charge is -2.22. The van der Waals surface area contributed by atoms with Crippen LogP contribution in [0.4, 0.5) is 4.79 Å². The van der Waals surface area contributed by atoms with Gasteiger partial charge in [-0.2, -0.15) is 0 Å². The summed E-state index contributed by atoms with van der Waals surface area (Å²) in [7, 11) is 0. The SMILES string of the molecule is CC(C)(C)OC(=O)N[C@H](CCCNC1=NCCCN1)C(=O)O. The van der Waals surface area contributed by atoms with Gasteiger partial charge in [-0.15, -0.1) is 0 Å². The summed E-state index contributed by atoms with van der Waals surface area (Å²) in [5.41, 5.74) is -0.653. The second-order valence-electron chi connectivity index (χ2n) is 6.12. The Morgan fingerprint density at radius 3 is 2.73 bits per heavy atom. The van der Waals surface area contributed by atoms with Crippen molar-refractivity contribution in [2.45, 2.75) is 51.7 Å². The molecule has 126 valence electrons. The number of carboxylic acid groups (broad SMARTS) is 1. The van der Waals surface area contributed by atoms with Crippen molar-refractivity contribution in [3.05, 3.63) is 0 Å². The molecule has 8 nitrogen and oxygen atoms in total. The van der Waals surface area contributed by atoms with Gasteiger partial charge in [0.25, 0.3) is 0 Å². The van der Waals surface area contributed by atoms with Crippen LogP contribution in [0.1, 0.15) is 40.0 Å². The molecule has 0 saturated heterocycles. The van der Waals surface area contributed by atoms with E-state index in [1.54, 1.807) is 20.8 Å². The van der Waals surface area contributed by atoms with Crippen LogP contribution in [-0.2, 0) is 9.53 Å². The Kier molecular flexibility index (Phi) is 6.94. The number of guanidine groups is 1. The van der Waals surface area contributed by atoms with Crippen molar-refractivity contribution in [2.75, 3.05) is 19.6 Å². The number of rotatable bonds is 6. The summed E-state index contributed by atoms with van der Waals surface area (Å²) < 4.78 is 5.06. The Balaban J connectivity index is 2.30. The summed E-state index contributed by atoms with van der Waals surface area (Å²) >= 11 is 0. The molecule has 4 N–H and O–H groups in total. The zero-order valence-corrected chi connectivity index (χ0v) is 13.4. The fraction of sp³-hybridized carbons (Fsp3) is 0.786. The minimum absolute atomic E-state index is 0.314. The molecule has 0 unspecified atom stereocenters. The van der Waals surface area contributed by atoms with Gasteiger partial charge in [0.05, 0.1) is 0 Å². The van der Waals surface area contributed by atoms with Crippen LogP contribution in [0.2, 0.25) is 0 Å². The second kappa shape index (κ2) is 8.45. The topological polar surface area (TPSA) is 112 Å². The van der Waals surface area contributed by atoms with Gasteiger partial charge in [-0.3, -0.25) is 4.99 Å². The lowest BCUT2D eigenvalue weighted by molar-refractivity contribution is -0.139. The van der Waals surface area contributed by atoms with Gasteiger partial charge >= 0.3 is 12.1 Å². The molecule has 0 aromatic heterocycles. The molecule has 8 heteroatoms. The highest BCUT2D eigenvalue weighted by Gasteiger charge is 2.23. The van der Waals surface area contributed by atoms with Crippen molar-refractivity contribution in [3.8, 4) is 0 Å². The number of alkyl carbamates (subject to hydrolysis) is 1. The number of carboxylic acids is 1. The number of ether oxygens (including phenoxy) is 1. The molecular weight excluding hydrogens is 288 g/mol. The zero-order chi connectivity index (χ0) is 16.6. The number of nitrogens with one attached hydrogen (secondary N) is 3. The van der Waals surface area contributed by atoms with Gasteiger partial charge in [-0.1, -0.05) is 0 Å². The van der Waals surface area contributed by atoms with E-state index in [0.717, 1.165) is 25.5 Å². The van der Waals surface area contributed by atoms with E-state index in [-0.39, 0.29) is 0 Å². The quantitative estimate of drug-likeness (QED) is 0.537. The molecule has 1 atom stereocenters. The molecule has 1 amide bonds. The van der Waals surface area contributed by atoms with Crippen LogP contribution in [0.25, 0.3) is 0 Å². The molecule has 0 spiro atoms. The van der Waals surface area contributed by atoms with Crippen LogP contribution in [0.5, 0.6) is 0 Å². The average molecular weight is 314 g/mol. The lowest BCUT2D eigenvalue weighted by atomic mass is 10.1. The minimum Gasteiger partial charge on any atom is -0.480 e. The standard InChI is InChI=1S/C14H26N4O4/c1-14(2,3)22-13(21)18-10(11(19)20)6-4-7-15-12-16-8-5-9-17-12/h10H,4-9H2,1-3H3,(H,18,21)(H,19,20)(H2,15,16,17)/t10-/m1/s1. The van der Waals surface area contributed by atoms with Crippen LogP contribution >= 0.6 is 0 Å². The maximum absolute atomic E-state index is 11.6. The van der Waals surface area contributed by atoms with Crippen LogP contribution in [0.3, 0.4) is 0 Å². The monoisotopic (exact) mass is 314 g/mol. The Bertz CT molecular complexity index is 418. The number of hydrogen-bond donors (Lipinski definition) is 4. The van der Waals surface area contributed by atoms with Crippen molar-refractivity contribution < 1.29 is 19.4 Å². The number of nitrogens with zero attached hydrogens (tertiary/aromatic N) is 1. The molecule has 1 aliphatic heterocycles. The number of carbonyl (C=O) groups is 2. The van der Waals surface area contributed by atoms with Crippen molar-refractivity contribution in [1.82, 2.24) is 16.0 Å². The normalized spacial score (nSPS) is 16.0. The predicted octanol–water partition coefficient (Wildman–Crippen LogP) is 0.683. The molecule has 1 heterocycles. The van der Waals surface area contributed by atoms with Crippen LogP contribution in [0.15, 0.2) is 4.99 Å². The van der Waals surface area contributed by atoms with Gasteiger partial charge in [0, 0.05) is 19.6 Å². The van der Waals surface area contributed by atoms with Gasteiger partial charge in [0.1, 0.15) is 11.6 Å². The van der Waals surface area contributed by atoms with Crippen molar-refractivity contribution in [3.63, 3.8) is 0 Å². The first-order chi connectivity index (χ1) is 10.3. The fourth-order valence-corrected chi connectivity index (χ4v) is 1.87. The summed E-state index contributed by atoms with van der Waals surface area (Å²) in [5, 5.41) is 17.7. The number of carbonyl (C=O) groups excluding carboxylic acids is 1. The first-order valence-corrected chi connectivity index (χ1v) is 7.52. The summed E-state index contributed by atoms with van der Waals surface area (Å²) in [6.07, 6.45) is 1.21. The van der Waals surface area contributed by atoms with E-state index in [1.165, 1.54) is 0 Å². The Hall–Kier alpha value is -1.99. The van der Waals surface area contributed by atoms with Gasteiger partial charge in [0.2, 0.25) is 0 Å². The molecule has 0 bridgehead atoms. The van der Waals surface area contributed by atoms with Gasteiger partial charge < -0.3 is 25.8 Å². The lowest BCUT2D eigenvalue weighted by Crippen LogP contribution is -2.44. The molecule has 0 aromatic rings. The largest absolute Gasteiger partial charge is 0.480 e. The van der Waals surface area contributed by atoms with E-state index in [9.17, 15) is 9.59 Å². The number of hydrogen-bond acceptors (Lipinski definition) is 6. The Labute approximate surface area is 130 Å². The van der Waals surface area contributed by atoms with Gasteiger partial charge in [0.15, 0.2) is 5.96 Å². The summed E-state index contributed by atoms with van der Waals surface area (Å²) in [6, 6.07) is -0.960. The maximum atomic E-state index is 11.6. The zero-order valence-electron chi connectivity index (χ0n) is 13.4.